The first-order valence-corrected chi connectivity index (χ1v) is 8.14. The molecule has 0 aliphatic rings. The predicted molar refractivity (Wildman–Crippen MR) is 93.2 cm³/mol. The summed E-state index contributed by atoms with van der Waals surface area (Å²) in [6.45, 7) is 6.37. The molecule has 0 fully saturated rings. The highest BCUT2D eigenvalue weighted by Crippen LogP contribution is 2.25. The Bertz CT molecular complexity index is 633. The van der Waals surface area contributed by atoms with E-state index in [1.54, 1.807) is 12.1 Å². The zero-order valence-corrected chi connectivity index (χ0v) is 14.3. The predicted octanol–water partition coefficient (Wildman–Crippen LogP) is 4.92. The average Bonchev–Trinajstić information content (AvgIpc) is 2.56. The monoisotopic (exact) mass is 332 g/mol. The molecule has 122 valence electrons. The van der Waals surface area contributed by atoms with Crippen LogP contribution in [0.1, 0.15) is 20.8 Å². The van der Waals surface area contributed by atoms with Crippen molar-refractivity contribution in [2.75, 3.05) is 6.61 Å². The number of hydrogen-bond acceptors (Lipinski definition) is 3. The lowest BCUT2D eigenvalue weighted by atomic mass is 10.1. The Labute approximate surface area is 142 Å². The Balaban J connectivity index is 2.05. The number of esters is 1. The summed E-state index contributed by atoms with van der Waals surface area (Å²) in [4.78, 5) is 11.8. The van der Waals surface area contributed by atoms with E-state index < -0.39 is 11.3 Å². The van der Waals surface area contributed by atoms with Crippen molar-refractivity contribution >= 4 is 17.6 Å². The first-order valence-electron chi connectivity index (χ1n) is 7.70. The van der Waals surface area contributed by atoms with Crippen LogP contribution in [0.2, 0.25) is 0 Å². The van der Waals surface area contributed by atoms with Gasteiger partial charge in [0.15, 0.2) is 0 Å². The maximum Gasteiger partial charge on any atom is 0.329 e. The smallest absolute Gasteiger partial charge is 0.329 e. The minimum absolute atomic E-state index is 0.0345. The Kier molecular flexibility index (Phi) is 6.05. The molecule has 2 rings (SSSR count). The van der Waals surface area contributed by atoms with Crippen molar-refractivity contribution in [3.05, 3.63) is 48.5 Å². The Morgan fingerprint density at radius 1 is 0.957 bits per heavy atom. The number of hydrogen-bond donors (Lipinski definition) is 0. The third-order valence-corrected chi connectivity index (χ3v) is 4.06. The van der Waals surface area contributed by atoms with Gasteiger partial charge in [0.2, 0.25) is 0 Å². The molecule has 0 N–H and O–H groups in total. The van der Waals surface area contributed by atoms with Crippen molar-refractivity contribution in [1.82, 2.24) is 0 Å². The van der Waals surface area contributed by atoms with Gasteiger partial charge in [-0.25, -0.2) is 0 Å². The van der Waals surface area contributed by atoms with Gasteiger partial charge in [0.05, 0.1) is 6.61 Å². The van der Waals surface area contributed by atoms with Crippen molar-refractivity contribution in [2.24, 2.45) is 5.92 Å². The number of carbonyl (C=O) groups excluding carboxylic acids is 1. The van der Waals surface area contributed by atoms with Gasteiger partial charge in [0, 0.05) is 0 Å². The molecule has 3 nitrogen and oxygen atoms in total. The number of halogens is 1. The Morgan fingerprint density at radius 3 is 1.87 bits per heavy atom. The molecule has 4 heteroatoms. The van der Waals surface area contributed by atoms with E-state index in [0.717, 1.165) is 16.9 Å². The standard InChI is InChI=1S/C19H21ClO3/c1-4-22-16-9-5-14(6-10-16)15-7-11-17(12-8-15)23-19(21)18(20)13(2)3/h5-13,18H,4H2,1-3H3. The molecule has 0 saturated heterocycles. The molecule has 0 saturated carbocycles. The summed E-state index contributed by atoms with van der Waals surface area (Å²) in [5.41, 5.74) is 2.11. The van der Waals surface area contributed by atoms with E-state index >= 15 is 0 Å². The largest absolute Gasteiger partial charge is 0.494 e. The average molecular weight is 333 g/mol. The maximum absolute atomic E-state index is 11.8. The molecule has 0 radical (unpaired) electrons. The van der Waals surface area contributed by atoms with Gasteiger partial charge in [-0.3, -0.25) is 4.79 Å². The molecule has 0 bridgehead atoms. The molecule has 1 atom stereocenters. The normalized spacial score (nSPS) is 12.0. The summed E-state index contributed by atoms with van der Waals surface area (Å²) in [5, 5.41) is -0.638. The fourth-order valence-corrected chi connectivity index (χ4v) is 2.11. The van der Waals surface area contributed by atoms with E-state index in [4.69, 9.17) is 21.1 Å². The minimum Gasteiger partial charge on any atom is -0.494 e. The number of ether oxygens (including phenoxy) is 2. The fourth-order valence-electron chi connectivity index (χ4n) is 2.07. The molecule has 23 heavy (non-hydrogen) atoms. The van der Waals surface area contributed by atoms with Crippen LogP contribution in [0.4, 0.5) is 0 Å². The molecule has 0 amide bonds. The lowest BCUT2D eigenvalue weighted by Crippen LogP contribution is -2.25. The second-order valence-corrected chi connectivity index (χ2v) is 6.02. The van der Waals surface area contributed by atoms with Crippen LogP contribution in [0.25, 0.3) is 11.1 Å². The quantitative estimate of drug-likeness (QED) is 0.428. The molecule has 0 aliphatic heterocycles. The summed E-state index contributed by atoms with van der Waals surface area (Å²) in [5.74, 6) is 0.961. The van der Waals surface area contributed by atoms with Gasteiger partial charge in [-0.15, -0.1) is 11.6 Å². The Hall–Kier alpha value is -2.00. The van der Waals surface area contributed by atoms with E-state index in [-0.39, 0.29) is 5.92 Å². The summed E-state index contributed by atoms with van der Waals surface area (Å²) < 4.78 is 10.7. The molecule has 2 aromatic carbocycles. The highest BCUT2D eigenvalue weighted by molar-refractivity contribution is 6.30. The van der Waals surface area contributed by atoms with Crippen LogP contribution in [0.15, 0.2) is 48.5 Å². The number of carbonyl (C=O) groups is 1. The van der Waals surface area contributed by atoms with Crippen LogP contribution < -0.4 is 9.47 Å². The second-order valence-electron chi connectivity index (χ2n) is 5.55. The minimum atomic E-state index is -0.638. The molecule has 2 aromatic rings. The van der Waals surface area contributed by atoms with E-state index in [0.29, 0.717) is 12.4 Å². The van der Waals surface area contributed by atoms with Crippen molar-refractivity contribution in [2.45, 2.75) is 26.1 Å². The maximum atomic E-state index is 11.8. The summed E-state index contributed by atoms with van der Waals surface area (Å²) >= 11 is 6.00. The van der Waals surface area contributed by atoms with Gasteiger partial charge < -0.3 is 9.47 Å². The topological polar surface area (TPSA) is 35.5 Å². The highest BCUT2D eigenvalue weighted by Gasteiger charge is 2.21. The first-order chi connectivity index (χ1) is 11.0. The lowest BCUT2D eigenvalue weighted by Gasteiger charge is -2.12. The number of alkyl halides is 1. The van der Waals surface area contributed by atoms with E-state index in [2.05, 4.69) is 0 Å². The molecule has 0 spiro atoms. The van der Waals surface area contributed by atoms with Gasteiger partial charge >= 0.3 is 5.97 Å². The van der Waals surface area contributed by atoms with Crippen molar-refractivity contribution in [3.63, 3.8) is 0 Å². The SMILES string of the molecule is CCOc1ccc(-c2ccc(OC(=O)C(Cl)C(C)C)cc2)cc1. The molecule has 0 heterocycles. The van der Waals surface area contributed by atoms with E-state index in [9.17, 15) is 4.79 Å². The van der Waals surface area contributed by atoms with Crippen LogP contribution in [-0.2, 0) is 4.79 Å². The highest BCUT2D eigenvalue weighted by atomic mass is 35.5. The Morgan fingerprint density at radius 2 is 1.43 bits per heavy atom. The summed E-state index contributed by atoms with van der Waals surface area (Å²) in [7, 11) is 0. The van der Waals surface area contributed by atoms with Gasteiger partial charge in [-0.05, 0) is 48.2 Å². The van der Waals surface area contributed by atoms with Crippen LogP contribution in [0.3, 0.4) is 0 Å². The third kappa shape index (κ3) is 4.73. The molecular formula is C19H21ClO3. The van der Waals surface area contributed by atoms with E-state index in [1.807, 2.05) is 57.2 Å². The zero-order valence-electron chi connectivity index (χ0n) is 13.6. The second kappa shape index (κ2) is 8.02. The van der Waals surface area contributed by atoms with Crippen LogP contribution >= 0.6 is 11.6 Å². The summed E-state index contributed by atoms with van der Waals surface area (Å²) in [6.07, 6.45) is 0. The molecule has 0 aromatic heterocycles. The fraction of sp³-hybridized carbons (Fsp3) is 0.316. The van der Waals surface area contributed by atoms with Crippen LogP contribution in [0.5, 0.6) is 11.5 Å². The molecule has 0 aliphatic carbocycles. The van der Waals surface area contributed by atoms with Crippen LogP contribution in [-0.4, -0.2) is 18.0 Å². The van der Waals surface area contributed by atoms with Crippen molar-refractivity contribution < 1.29 is 14.3 Å². The van der Waals surface area contributed by atoms with Gasteiger partial charge in [-0.1, -0.05) is 38.1 Å². The third-order valence-electron chi connectivity index (χ3n) is 3.38. The number of benzene rings is 2. The van der Waals surface area contributed by atoms with Crippen molar-refractivity contribution in [1.29, 1.82) is 0 Å². The first kappa shape index (κ1) is 17.4. The number of rotatable bonds is 6. The summed E-state index contributed by atoms with van der Waals surface area (Å²) in [6, 6.07) is 15.2. The lowest BCUT2D eigenvalue weighted by molar-refractivity contribution is -0.134. The van der Waals surface area contributed by atoms with Crippen LogP contribution in [0, 0.1) is 5.92 Å². The van der Waals surface area contributed by atoms with Gasteiger partial charge in [-0.2, -0.15) is 0 Å². The van der Waals surface area contributed by atoms with Gasteiger partial charge in [0.25, 0.3) is 0 Å². The van der Waals surface area contributed by atoms with Gasteiger partial charge in [0.1, 0.15) is 16.9 Å². The molecule has 1 unspecified atom stereocenters. The van der Waals surface area contributed by atoms with Crippen molar-refractivity contribution in [3.8, 4) is 22.6 Å². The zero-order chi connectivity index (χ0) is 16.8. The van der Waals surface area contributed by atoms with E-state index in [1.165, 1.54) is 0 Å². The molecular weight excluding hydrogens is 312 g/mol.